The van der Waals surface area contributed by atoms with E-state index in [9.17, 15) is 0 Å². The quantitative estimate of drug-likeness (QED) is 0.329. The number of aryl methyl sites for hydroxylation is 1. The first-order valence-corrected chi connectivity index (χ1v) is 11.8. The molecule has 5 rings (SSSR count). The summed E-state index contributed by atoms with van der Waals surface area (Å²) in [5.41, 5.74) is 14.7. The summed E-state index contributed by atoms with van der Waals surface area (Å²) in [6.45, 7) is 7.93. The number of imidazole rings is 1. The van der Waals surface area contributed by atoms with Gasteiger partial charge in [-0.3, -0.25) is 4.40 Å². The van der Waals surface area contributed by atoms with E-state index in [0.29, 0.717) is 5.78 Å². The molecule has 0 bridgehead atoms. The van der Waals surface area contributed by atoms with E-state index < -0.39 is 0 Å². The van der Waals surface area contributed by atoms with Crippen LogP contribution in [0.5, 0.6) is 0 Å². The molecule has 0 unspecified atom stereocenters. The Morgan fingerprint density at radius 3 is 2.38 bits per heavy atom. The van der Waals surface area contributed by atoms with Crippen molar-refractivity contribution < 1.29 is 0 Å². The molecule has 2 N–H and O–H groups in total. The van der Waals surface area contributed by atoms with Crippen LogP contribution in [-0.4, -0.2) is 14.4 Å². The van der Waals surface area contributed by atoms with Crippen LogP contribution in [0.15, 0.2) is 91.7 Å². The van der Waals surface area contributed by atoms with Crippen LogP contribution in [0.1, 0.15) is 43.1 Å². The molecule has 2 aromatic heterocycles. The lowest BCUT2D eigenvalue weighted by atomic mass is 9.72. The van der Waals surface area contributed by atoms with E-state index in [4.69, 9.17) is 15.7 Å². The molecule has 0 saturated heterocycles. The summed E-state index contributed by atoms with van der Waals surface area (Å²) in [4.78, 5) is 9.90. The Hall–Kier alpha value is -3.76. The predicted molar refractivity (Wildman–Crippen MR) is 141 cm³/mol. The maximum Gasteiger partial charge on any atom is 0.235 e. The van der Waals surface area contributed by atoms with Crippen LogP contribution in [0.3, 0.4) is 0 Å². The van der Waals surface area contributed by atoms with Gasteiger partial charge in [0.25, 0.3) is 0 Å². The average molecular weight is 447 g/mol. The van der Waals surface area contributed by atoms with Crippen molar-refractivity contribution in [2.45, 2.75) is 38.6 Å². The lowest BCUT2D eigenvalue weighted by molar-refractivity contribution is 0.253. The van der Waals surface area contributed by atoms with Crippen LogP contribution >= 0.6 is 0 Å². The third-order valence-electron chi connectivity index (χ3n) is 6.77. The van der Waals surface area contributed by atoms with Gasteiger partial charge >= 0.3 is 0 Å². The molecule has 4 nitrogen and oxygen atoms in total. The summed E-state index contributed by atoms with van der Waals surface area (Å²) < 4.78 is 2.09. The van der Waals surface area contributed by atoms with Gasteiger partial charge in [0.05, 0.1) is 17.1 Å². The van der Waals surface area contributed by atoms with Gasteiger partial charge in [0.1, 0.15) is 0 Å². The third kappa shape index (κ3) is 3.80. The standard InChI is InChI=1S/C30H30N4/c1-4-10-24(11-5-2)28-21(3)32-29-33-27(26(20-34(28)29)22-12-7-6-8-13-22)23-14-16-25(17-15-23)30(31)18-9-19-30/h4-8,10-17,20H,1,9,18-19,31H2,2-3H3/b11-5-,24-10+. The molecule has 1 aliphatic carbocycles. The van der Waals surface area contributed by atoms with Gasteiger partial charge in [-0.05, 0) is 44.2 Å². The second kappa shape index (κ2) is 8.88. The summed E-state index contributed by atoms with van der Waals surface area (Å²) in [7, 11) is 0. The molecule has 0 spiro atoms. The fourth-order valence-corrected chi connectivity index (χ4v) is 4.81. The highest BCUT2D eigenvalue weighted by molar-refractivity contribution is 5.83. The van der Waals surface area contributed by atoms with Crippen molar-refractivity contribution in [2.24, 2.45) is 5.73 Å². The van der Waals surface area contributed by atoms with Crippen molar-refractivity contribution in [3.63, 3.8) is 0 Å². The Morgan fingerprint density at radius 1 is 1.03 bits per heavy atom. The molecule has 0 amide bonds. The summed E-state index contributed by atoms with van der Waals surface area (Å²) in [5.74, 6) is 0.681. The molecule has 2 aromatic carbocycles. The molecular formula is C30H30N4. The van der Waals surface area contributed by atoms with Crippen LogP contribution < -0.4 is 5.73 Å². The number of benzene rings is 2. The second-order valence-electron chi connectivity index (χ2n) is 9.03. The first-order valence-electron chi connectivity index (χ1n) is 11.8. The fourth-order valence-electron chi connectivity index (χ4n) is 4.81. The second-order valence-corrected chi connectivity index (χ2v) is 9.03. The molecule has 1 aliphatic rings. The highest BCUT2D eigenvalue weighted by Crippen LogP contribution is 2.40. The maximum atomic E-state index is 6.56. The number of allylic oxidation sites excluding steroid dienone is 5. The molecule has 4 aromatic rings. The van der Waals surface area contributed by atoms with Crippen LogP contribution in [0.4, 0.5) is 0 Å². The Bertz CT molecular complexity index is 1400. The van der Waals surface area contributed by atoms with E-state index in [2.05, 4.69) is 71.8 Å². The van der Waals surface area contributed by atoms with E-state index in [1.165, 1.54) is 12.0 Å². The largest absolute Gasteiger partial charge is 0.321 e. The lowest BCUT2D eigenvalue weighted by Crippen LogP contribution is -2.43. The van der Waals surface area contributed by atoms with Crippen molar-refractivity contribution in [3.8, 4) is 22.4 Å². The van der Waals surface area contributed by atoms with E-state index in [1.54, 1.807) is 0 Å². The number of nitrogens with two attached hydrogens (primary N) is 1. The smallest absolute Gasteiger partial charge is 0.235 e. The Morgan fingerprint density at radius 2 is 1.76 bits per heavy atom. The molecular weight excluding hydrogens is 416 g/mol. The van der Waals surface area contributed by atoms with E-state index in [-0.39, 0.29) is 5.54 Å². The average Bonchev–Trinajstić information content (AvgIpc) is 3.17. The number of fused-ring (bicyclic) bond motifs is 1. The minimum absolute atomic E-state index is 0.173. The summed E-state index contributed by atoms with van der Waals surface area (Å²) >= 11 is 0. The molecule has 0 radical (unpaired) electrons. The van der Waals surface area contributed by atoms with Crippen molar-refractivity contribution in [2.75, 3.05) is 0 Å². The Kier molecular flexibility index (Phi) is 5.76. The number of nitrogens with zero attached hydrogens (tertiary/aromatic N) is 3. The fraction of sp³-hybridized carbons (Fsp3) is 0.200. The molecule has 1 fully saturated rings. The van der Waals surface area contributed by atoms with Gasteiger partial charge in [-0.15, -0.1) is 0 Å². The van der Waals surface area contributed by atoms with Gasteiger partial charge in [-0.1, -0.05) is 85.5 Å². The number of hydrogen-bond acceptors (Lipinski definition) is 3. The zero-order valence-electron chi connectivity index (χ0n) is 19.8. The van der Waals surface area contributed by atoms with Crippen molar-refractivity contribution in [1.29, 1.82) is 0 Å². The summed E-state index contributed by atoms with van der Waals surface area (Å²) in [5, 5.41) is 0. The molecule has 0 aliphatic heterocycles. The van der Waals surface area contributed by atoms with Gasteiger partial charge < -0.3 is 5.73 Å². The zero-order chi connectivity index (χ0) is 23.7. The number of rotatable bonds is 6. The monoisotopic (exact) mass is 446 g/mol. The molecule has 170 valence electrons. The molecule has 34 heavy (non-hydrogen) atoms. The van der Waals surface area contributed by atoms with E-state index in [0.717, 1.165) is 52.2 Å². The minimum atomic E-state index is -0.173. The topological polar surface area (TPSA) is 56.2 Å². The summed E-state index contributed by atoms with van der Waals surface area (Å²) in [6.07, 6.45) is 13.4. The van der Waals surface area contributed by atoms with Gasteiger partial charge in [-0.2, -0.15) is 0 Å². The maximum absolute atomic E-state index is 6.56. The van der Waals surface area contributed by atoms with E-state index >= 15 is 0 Å². The molecule has 0 atom stereocenters. The van der Waals surface area contributed by atoms with Crippen molar-refractivity contribution in [3.05, 3.63) is 109 Å². The van der Waals surface area contributed by atoms with Crippen molar-refractivity contribution in [1.82, 2.24) is 14.4 Å². The third-order valence-corrected chi connectivity index (χ3v) is 6.77. The summed E-state index contributed by atoms with van der Waals surface area (Å²) in [6, 6.07) is 19.0. The van der Waals surface area contributed by atoms with Gasteiger partial charge in [-0.25, -0.2) is 9.97 Å². The number of aromatic nitrogens is 3. The zero-order valence-corrected chi connectivity index (χ0v) is 19.8. The van der Waals surface area contributed by atoms with Gasteiger partial charge in [0.2, 0.25) is 5.78 Å². The van der Waals surface area contributed by atoms with Crippen molar-refractivity contribution >= 4 is 11.4 Å². The normalized spacial score (nSPS) is 15.6. The van der Waals surface area contributed by atoms with Crippen LogP contribution in [-0.2, 0) is 5.54 Å². The highest BCUT2D eigenvalue weighted by atomic mass is 15.1. The molecule has 2 heterocycles. The lowest BCUT2D eigenvalue weighted by Gasteiger charge is -2.38. The van der Waals surface area contributed by atoms with Crippen LogP contribution in [0.2, 0.25) is 0 Å². The molecule has 1 saturated carbocycles. The molecule has 4 heteroatoms. The predicted octanol–water partition coefficient (Wildman–Crippen LogP) is 6.86. The number of hydrogen-bond donors (Lipinski definition) is 1. The van der Waals surface area contributed by atoms with Gasteiger partial charge in [0, 0.05) is 28.4 Å². The van der Waals surface area contributed by atoms with Crippen LogP contribution in [0, 0.1) is 6.92 Å². The Labute approximate surface area is 201 Å². The van der Waals surface area contributed by atoms with Gasteiger partial charge in [0.15, 0.2) is 0 Å². The Balaban J connectivity index is 1.72. The van der Waals surface area contributed by atoms with Crippen LogP contribution in [0.25, 0.3) is 33.7 Å². The first kappa shape index (κ1) is 22.1. The highest BCUT2D eigenvalue weighted by Gasteiger charge is 2.34. The SMILES string of the molecule is C=C/C=C(\C=C/C)c1c(C)nc2nc(-c3ccc(C4(N)CCC4)cc3)c(-c3ccccc3)cn12. The first-order chi connectivity index (χ1) is 16.5. The van der Waals surface area contributed by atoms with E-state index in [1.807, 2.05) is 38.1 Å². The minimum Gasteiger partial charge on any atom is -0.321 e.